The minimum absolute atomic E-state index is 0.0767. The summed E-state index contributed by atoms with van der Waals surface area (Å²) in [6.07, 6.45) is 1.82. The van der Waals surface area contributed by atoms with E-state index in [2.05, 4.69) is 16.8 Å². The van der Waals surface area contributed by atoms with Gasteiger partial charge in [0.2, 0.25) is 0 Å². The van der Waals surface area contributed by atoms with Crippen LogP contribution in [0.1, 0.15) is 23.6 Å². The molecule has 0 aliphatic heterocycles. The molecule has 0 radical (unpaired) electrons. The first kappa shape index (κ1) is 15.2. The summed E-state index contributed by atoms with van der Waals surface area (Å²) in [6.45, 7) is 0. The van der Waals surface area contributed by atoms with Gasteiger partial charge in [-0.25, -0.2) is 0 Å². The fraction of sp³-hybridized carbons (Fsp3) is 0.333. The first-order chi connectivity index (χ1) is 9.65. The first-order valence-corrected chi connectivity index (χ1v) is 7.66. The van der Waals surface area contributed by atoms with Crippen molar-refractivity contribution in [1.82, 2.24) is 0 Å². The van der Waals surface area contributed by atoms with Crippen LogP contribution in [-0.2, 0) is 6.42 Å². The number of ether oxygens (including phenoxy) is 2. The lowest BCUT2D eigenvalue weighted by Gasteiger charge is -2.16. The fourth-order valence-electron chi connectivity index (χ4n) is 2.08. The zero-order valence-electron chi connectivity index (χ0n) is 11.6. The molecule has 5 heteroatoms. The highest BCUT2D eigenvalue weighted by Crippen LogP contribution is 2.37. The van der Waals surface area contributed by atoms with E-state index >= 15 is 0 Å². The number of halogens is 1. The lowest BCUT2D eigenvalue weighted by molar-refractivity contribution is 0.354. The van der Waals surface area contributed by atoms with E-state index in [1.165, 1.54) is 5.56 Å². The van der Waals surface area contributed by atoms with E-state index in [1.807, 2.05) is 12.1 Å². The molecule has 0 bridgehead atoms. The molecule has 1 heterocycles. The van der Waals surface area contributed by atoms with Gasteiger partial charge in [0.1, 0.15) is 0 Å². The summed E-state index contributed by atoms with van der Waals surface area (Å²) in [5, 5.41) is 4.75. The summed E-state index contributed by atoms with van der Waals surface area (Å²) in [5.74, 6) is 1.16. The molecule has 108 valence electrons. The molecule has 1 aromatic heterocycles. The molecular weight excluding hydrogens is 294 g/mol. The smallest absolute Gasteiger partial charge is 0.179 e. The van der Waals surface area contributed by atoms with Crippen LogP contribution < -0.4 is 15.2 Å². The van der Waals surface area contributed by atoms with Crippen molar-refractivity contribution in [2.45, 2.75) is 18.9 Å². The van der Waals surface area contributed by atoms with Crippen molar-refractivity contribution in [3.63, 3.8) is 0 Å². The Morgan fingerprint density at radius 1 is 1.30 bits per heavy atom. The van der Waals surface area contributed by atoms with Gasteiger partial charge < -0.3 is 15.2 Å². The Morgan fingerprint density at radius 2 is 2.10 bits per heavy atom. The van der Waals surface area contributed by atoms with Gasteiger partial charge in [0.15, 0.2) is 11.5 Å². The molecule has 1 aromatic carbocycles. The van der Waals surface area contributed by atoms with Crippen molar-refractivity contribution in [2.75, 3.05) is 14.2 Å². The molecule has 2 aromatic rings. The van der Waals surface area contributed by atoms with Crippen LogP contribution in [0.3, 0.4) is 0 Å². The van der Waals surface area contributed by atoms with Crippen LogP contribution in [-0.4, -0.2) is 14.2 Å². The molecule has 0 amide bonds. The Kier molecular flexibility index (Phi) is 5.29. The van der Waals surface area contributed by atoms with E-state index < -0.39 is 0 Å². The molecule has 1 unspecified atom stereocenters. The molecule has 0 spiro atoms. The molecule has 2 N–H and O–H groups in total. The van der Waals surface area contributed by atoms with E-state index in [0.717, 1.165) is 18.4 Å². The molecular formula is C15H18ClNO2S. The van der Waals surface area contributed by atoms with Gasteiger partial charge >= 0.3 is 0 Å². The Bertz CT molecular complexity index is 557. The number of thiophene rings is 1. The van der Waals surface area contributed by atoms with Crippen molar-refractivity contribution in [3.05, 3.63) is 45.1 Å². The molecule has 0 saturated carbocycles. The standard InChI is InChI=1S/C15H18ClNO2S/c1-18-14-8-11(7-12(16)15(14)19-2)13(17)4-3-10-5-6-20-9-10/h5-9,13H,3-4,17H2,1-2H3. The maximum Gasteiger partial charge on any atom is 0.179 e. The highest BCUT2D eigenvalue weighted by atomic mass is 35.5. The predicted molar refractivity (Wildman–Crippen MR) is 84.1 cm³/mol. The lowest BCUT2D eigenvalue weighted by atomic mass is 10.0. The SMILES string of the molecule is COc1cc(C(N)CCc2ccsc2)cc(Cl)c1OC. The van der Waals surface area contributed by atoms with Crippen molar-refractivity contribution in [1.29, 1.82) is 0 Å². The van der Waals surface area contributed by atoms with Crippen LogP contribution in [0.2, 0.25) is 5.02 Å². The van der Waals surface area contributed by atoms with E-state index in [0.29, 0.717) is 16.5 Å². The molecule has 2 rings (SSSR count). The number of hydrogen-bond acceptors (Lipinski definition) is 4. The van der Waals surface area contributed by atoms with Crippen LogP contribution in [0.5, 0.6) is 11.5 Å². The van der Waals surface area contributed by atoms with Gasteiger partial charge in [-0.15, -0.1) is 0 Å². The van der Waals surface area contributed by atoms with Gasteiger partial charge in [-0.1, -0.05) is 11.6 Å². The molecule has 1 atom stereocenters. The minimum atomic E-state index is -0.0767. The molecule has 3 nitrogen and oxygen atoms in total. The van der Waals surface area contributed by atoms with Gasteiger partial charge in [-0.05, 0) is 52.9 Å². The van der Waals surface area contributed by atoms with Gasteiger partial charge in [0, 0.05) is 6.04 Å². The maximum absolute atomic E-state index is 6.24. The number of methoxy groups -OCH3 is 2. The highest BCUT2D eigenvalue weighted by molar-refractivity contribution is 7.07. The monoisotopic (exact) mass is 311 g/mol. The summed E-state index contributed by atoms with van der Waals surface area (Å²) in [5.41, 5.74) is 8.52. The van der Waals surface area contributed by atoms with Crippen LogP contribution in [0.4, 0.5) is 0 Å². The van der Waals surface area contributed by atoms with Crippen LogP contribution in [0.25, 0.3) is 0 Å². The van der Waals surface area contributed by atoms with Crippen LogP contribution >= 0.6 is 22.9 Å². The number of nitrogens with two attached hydrogens (primary N) is 1. The zero-order valence-corrected chi connectivity index (χ0v) is 13.1. The number of rotatable bonds is 6. The van der Waals surface area contributed by atoms with E-state index in [9.17, 15) is 0 Å². The van der Waals surface area contributed by atoms with E-state index in [1.54, 1.807) is 25.6 Å². The van der Waals surface area contributed by atoms with Crippen molar-refractivity contribution in [3.8, 4) is 11.5 Å². The van der Waals surface area contributed by atoms with Crippen molar-refractivity contribution < 1.29 is 9.47 Å². The third kappa shape index (κ3) is 3.45. The Hall–Kier alpha value is -1.23. The third-order valence-corrected chi connectivity index (χ3v) is 4.22. The topological polar surface area (TPSA) is 44.5 Å². The second-order valence-corrected chi connectivity index (χ2v) is 5.70. The highest BCUT2D eigenvalue weighted by Gasteiger charge is 2.15. The van der Waals surface area contributed by atoms with Gasteiger partial charge in [0.05, 0.1) is 19.2 Å². The summed E-state index contributed by atoms with van der Waals surface area (Å²) in [4.78, 5) is 0. The third-order valence-electron chi connectivity index (χ3n) is 3.21. The summed E-state index contributed by atoms with van der Waals surface area (Å²) >= 11 is 7.90. The van der Waals surface area contributed by atoms with Crippen LogP contribution in [0.15, 0.2) is 29.0 Å². The summed E-state index contributed by atoms with van der Waals surface area (Å²) < 4.78 is 10.5. The summed E-state index contributed by atoms with van der Waals surface area (Å²) in [6, 6.07) is 5.79. The molecule has 0 saturated heterocycles. The van der Waals surface area contributed by atoms with Gasteiger partial charge in [0.25, 0.3) is 0 Å². The molecule has 20 heavy (non-hydrogen) atoms. The van der Waals surface area contributed by atoms with Crippen molar-refractivity contribution in [2.24, 2.45) is 5.73 Å². The lowest BCUT2D eigenvalue weighted by Crippen LogP contribution is -2.11. The molecule has 0 aliphatic carbocycles. The Labute approximate surface area is 128 Å². The Morgan fingerprint density at radius 3 is 2.70 bits per heavy atom. The number of aryl methyl sites for hydroxylation is 1. The molecule has 0 aliphatic rings. The first-order valence-electron chi connectivity index (χ1n) is 6.33. The quantitative estimate of drug-likeness (QED) is 0.875. The van der Waals surface area contributed by atoms with E-state index in [-0.39, 0.29) is 6.04 Å². The normalized spacial score (nSPS) is 12.2. The summed E-state index contributed by atoms with van der Waals surface area (Å²) in [7, 11) is 3.16. The maximum atomic E-state index is 6.24. The minimum Gasteiger partial charge on any atom is -0.493 e. The largest absolute Gasteiger partial charge is 0.493 e. The predicted octanol–water partition coefficient (Wildman–Crippen LogP) is 4.05. The molecule has 0 fully saturated rings. The Balaban J connectivity index is 2.13. The zero-order chi connectivity index (χ0) is 14.5. The van der Waals surface area contributed by atoms with Gasteiger partial charge in [-0.2, -0.15) is 11.3 Å². The second-order valence-electron chi connectivity index (χ2n) is 4.52. The average molecular weight is 312 g/mol. The average Bonchev–Trinajstić information content (AvgIpc) is 2.97. The number of hydrogen-bond donors (Lipinski definition) is 1. The van der Waals surface area contributed by atoms with Crippen molar-refractivity contribution >= 4 is 22.9 Å². The van der Waals surface area contributed by atoms with Crippen LogP contribution in [0, 0.1) is 0 Å². The van der Waals surface area contributed by atoms with E-state index in [4.69, 9.17) is 26.8 Å². The van der Waals surface area contributed by atoms with Gasteiger partial charge in [-0.3, -0.25) is 0 Å². The number of benzene rings is 1. The fourth-order valence-corrected chi connectivity index (χ4v) is 3.08. The second kappa shape index (κ2) is 6.97.